The minimum atomic E-state index is 0.353. The molecule has 130 valence electrons. The van der Waals surface area contributed by atoms with Crippen LogP contribution in [0.2, 0.25) is 0 Å². The zero-order valence-electron chi connectivity index (χ0n) is 14.9. The van der Waals surface area contributed by atoms with Gasteiger partial charge in [-0.25, -0.2) is 0 Å². The Morgan fingerprint density at radius 3 is 2.26 bits per heavy atom. The number of nitrogens with one attached hydrogen (secondary N) is 1. The molecule has 23 heavy (non-hydrogen) atoms. The molecule has 1 rings (SSSR count). The van der Waals surface area contributed by atoms with E-state index in [2.05, 4.69) is 36.9 Å². The van der Waals surface area contributed by atoms with Crippen molar-refractivity contribution in [1.82, 2.24) is 10.2 Å². The highest BCUT2D eigenvalue weighted by atomic mass is 32.1. The Hall–Kier alpha value is -0.770. The fourth-order valence-corrected chi connectivity index (χ4v) is 3.20. The number of piperazine rings is 1. The van der Waals surface area contributed by atoms with Gasteiger partial charge in [-0.2, -0.15) is 0 Å². The van der Waals surface area contributed by atoms with Crippen molar-refractivity contribution in [2.24, 2.45) is 0 Å². The molecule has 0 bridgehead atoms. The number of hydrogen-bond donors (Lipinski definition) is 1. The summed E-state index contributed by atoms with van der Waals surface area (Å²) in [6.45, 7) is 18.0. The summed E-state index contributed by atoms with van der Waals surface area (Å²) in [4.78, 5) is 2.59. The molecular formula is C20H34N2S. The molecule has 0 spiro atoms. The predicted octanol–water partition coefficient (Wildman–Crippen LogP) is 4.68. The first kappa shape index (κ1) is 20.3. The van der Waals surface area contributed by atoms with Gasteiger partial charge in [0.05, 0.1) is 0 Å². The summed E-state index contributed by atoms with van der Waals surface area (Å²) in [5.74, 6) is 0. The van der Waals surface area contributed by atoms with E-state index < -0.39 is 0 Å². The predicted molar refractivity (Wildman–Crippen MR) is 107 cm³/mol. The van der Waals surface area contributed by atoms with Crippen molar-refractivity contribution in [2.75, 3.05) is 19.6 Å². The third kappa shape index (κ3) is 7.56. The van der Waals surface area contributed by atoms with Crippen molar-refractivity contribution in [3.63, 3.8) is 0 Å². The van der Waals surface area contributed by atoms with E-state index in [1.54, 1.807) is 0 Å². The molecule has 3 heteroatoms. The smallest absolute Gasteiger partial charge is 0.0411 e. The number of hydrogen-bond acceptors (Lipinski definition) is 3. The van der Waals surface area contributed by atoms with Crippen molar-refractivity contribution in [1.29, 1.82) is 0 Å². The molecule has 1 heterocycles. The summed E-state index contributed by atoms with van der Waals surface area (Å²) in [5.41, 5.74) is 2.56. The molecule has 1 fully saturated rings. The van der Waals surface area contributed by atoms with E-state index in [0.29, 0.717) is 12.1 Å². The molecule has 0 aromatic heterocycles. The van der Waals surface area contributed by atoms with Crippen LogP contribution < -0.4 is 5.32 Å². The van der Waals surface area contributed by atoms with Crippen LogP contribution in [0.25, 0.3) is 0 Å². The molecule has 1 aliphatic heterocycles. The fraction of sp³-hybridized carbons (Fsp3) is 0.650. The quantitative estimate of drug-likeness (QED) is 0.317. The summed E-state index contributed by atoms with van der Waals surface area (Å²) in [6, 6.07) is 0.713. The highest BCUT2D eigenvalue weighted by molar-refractivity contribution is 7.78. The molecule has 0 aliphatic carbocycles. The van der Waals surface area contributed by atoms with E-state index in [1.807, 2.05) is 11.4 Å². The van der Waals surface area contributed by atoms with Crippen molar-refractivity contribution in [2.45, 2.75) is 64.0 Å². The van der Waals surface area contributed by atoms with Crippen molar-refractivity contribution in [3.05, 3.63) is 37.0 Å². The number of nitrogens with zero attached hydrogens (tertiary/aromatic N) is 1. The molecule has 2 atom stereocenters. The molecule has 0 aromatic rings. The second-order valence-corrected chi connectivity index (χ2v) is 6.92. The second-order valence-electron chi connectivity index (χ2n) is 6.59. The Balaban J connectivity index is 2.65. The minimum absolute atomic E-state index is 0.353. The van der Waals surface area contributed by atoms with Crippen LogP contribution in [0.3, 0.4) is 0 Å². The lowest BCUT2D eigenvalue weighted by Crippen LogP contribution is -2.57. The number of thiocarbonyl (C=S) groups is 1. The Kier molecular flexibility index (Phi) is 10.3. The third-order valence-corrected chi connectivity index (χ3v) is 4.84. The maximum Gasteiger partial charge on any atom is 0.0411 e. The fourth-order valence-electron chi connectivity index (χ4n) is 3.08. The molecule has 2 unspecified atom stereocenters. The van der Waals surface area contributed by atoms with Gasteiger partial charge < -0.3 is 5.32 Å². The van der Waals surface area contributed by atoms with E-state index in [1.165, 1.54) is 37.0 Å². The summed E-state index contributed by atoms with van der Waals surface area (Å²) < 4.78 is 0. The minimum Gasteiger partial charge on any atom is -0.301 e. The van der Waals surface area contributed by atoms with Crippen molar-refractivity contribution >= 4 is 17.6 Å². The van der Waals surface area contributed by atoms with E-state index in [4.69, 9.17) is 12.2 Å². The standard InChI is InChI=1S/C20H34N2S/c1-5-7-9-13-22-15-19(17(3)11-8-6-2)21-20(16-22)18(4)12-10-14-23/h6,14,19-21H,2-5,7-13,15-16H2,1H3. The highest BCUT2D eigenvalue weighted by Crippen LogP contribution is 2.20. The van der Waals surface area contributed by atoms with E-state index >= 15 is 0 Å². The topological polar surface area (TPSA) is 15.3 Å². The Morgan fingerprint density at radius 2 is 1.74 bits per heavy atom. The molecule has 1 N–H and O–H groups in total. The summed E-state index contributed by atoms with van der Waals surface area (Å²) in [7, 11) is 0. The Morgan fingerprint density at radius 1 is 1.13 bits per heavy atom. The molecule has 0 aromatic carbocycles. The first-order valence-corrected chi connectivity index (χ1v) is 9.47. The zero-order valence-corrected chi connectivity index (χ0v) is 15.7. The lowest BCUT2D eigenvalue weighted by molar-refractivity contribution is 0.180. The van der Waals surface area contributed by atoms with Gasteiger partial charge in [0.15, 0.2) is 0 Å². The maximum absolute atomic E-state index is 4.96. The van der Waals surface area contributed by atoms with Crippen LogP contribution in [0.15, 0.2) is 37.0 Å². The molecule has 0 amide bonds. The van der Waals surface area contributed by atoms with Crippen LogP contribution in [0.4, 0.5) is 0 Å². The molecule has 1 saturated heterocycles. The summed E-state index contributed by atoms with van der Waals surface area (Å²) >= 11 is 4.96. The Labute approximate surface area is 148 Å². The van der Waals surface area contributed by atoms with Crippen LogP contribution in [0.5, 0.6) is 0 Å². The van der Waals surface area contributed by atoms with Crippen LogP contribution >= 0.6 is 12.2 Å². The monoisotopic (exact) mass is 334 g/mol. The van der Waals surface area contributed by atoms with Crippen LogP contribution in [-0.4, -0.2) is 42.0 Å². The average molecular weight is 335 g/mol. The van der Waals surface area contributed by atoms with Crippen molar-refractivity contribution in [3.8, 4) is 0 Å². The van der Waals surface area contributed by atoms with Gasteiger partial charge in [0, 0.05) is 25.2 Å². The van der Waals surface area contributed by atoms with Gasteiger partial charge in [0.1, 0.15) is 0 Å². The van der Waals surface area contributed by atoms with Gasteiger partial charge in [0.2, 0.25) is 0 Å². The normalized spacial score (nSPS) is 21.8. The lowest BCUT2D eigenvalue weighted by Gasteiger charge is -2.41. The number of unbranched alkanes of at least 4 members (excludes halogenated alkanes) is 2. The van der Waals surface area contributed by atoms with Gasteiger partial charge in [-0.05, 0) is 44.0 Å². The Bertz CT molecular complexity index is 370. The van der Waals surface area contributed by atoms with Gasteiger partial charge in [0.25, 0.3) is 0 Å². The second kappa shape index (κ2) is 11.7. The molecule has 0 saturated carbocycles. The molecule has 1 aliphatic rings. The third-order valence-electron chi connectivity index (χ3n) is 4.60. The van der Waals surface area contributed by atoms with E-state index in [-0.39, 0.29) is 0 Å². The molecule has 2 nitrogen and oxygen atoms in total. The summed E-state index contributed by atoms with van der Waals surface area (Å²) in [6.07, 6.45) is 9.77. The van der Waals surface area contributed by atoms with E-state index in [0.717, 1.165) is 38.8 Å². The van der Waals surface area contributed by atoms with Crippen LogP contribution in [0.1, 0.15) is 51.9 Å². The van der Waals surface area contributed by atoms with Crippen LogP contribution in [-0.2, 0) is 0 Å². The first-order chi connectivity index (χ1) is 11.1. The van der Waals surface area contributed by atoms with Gasteiger partial charge >= 0.3 is 0 Å². The lowest BCUT2D eigenvalue weighted by atomic mass is 9.95. The van der Waals surface area contributed by atoms with Gasteiger partial charge in [-0.15, -0.1) is 6.58 Å². The average Bonchev–Trinajstić information content (AvgIpc) is 2.57. The van der Waals surface area contributed by atoms with Crippen molar-refractivity contribution < 1.29 is 0 Å². The number of allylic oxidation sites excluding steroid dienone is 1. The van der Waals surface area contributed by atoms with Crippen LogP contribution in [0, 0.1) is 0 Å². The highest BCUT2D eigenvalue weighted by Gasteiger charge is 2.28. The first-order valence-electron chi connectivity index (χ1n) is 9.00. The zero-order chi connectivity index (χ0) is 17.1. The van der Waals surface area contributed by atoms with Gasteiger partial charge in [-0.1, -0.05) is 62.4 Å². The largest absolute Gasteiger partial charge is 0.301 e. The van der Waals surface area contributed by atoms with E-state index in [9.17, 15) is 0 Å². The molecular weight excluding hydrogens is 300 g/mol. The SMILES string of the molecule is C=CCCC(=C)C1CN(CCCCC)CC(C(=C)CCC=S)N1. The summed E-state index contributed by atoms with van der Waals surface area (Å²) in [5, 5.41) is 5.58. The van der Waals surface area contributed by atoms with Gasteiger partial charge in [-0.3, -0.25) is 4.90 Å². The molecule has 0 radical (unpaired) electrons. The maximum atomic E-state index is 4.96. The number of rotatable bonds is 12.